The van der Waals surface area contributed by atoms with Crippen LogP contribution in [0.25, 0.3) is 0 Å². The zero-order chi connectivity index (χ0) is 18.8. The zero-order valence-corrected chi connectivity index (χ0v) is 16.9. The van der Waals surface area contributed by atoms with Crippen molar-refractivity contribution < 1.29 is 13.2 Å². The Labute approximate surface area is 163 Å². The number of rotatable bonds is 3. The summed E-state index contributed by atoms with van der Waals surface area (Å²) in [5.41, 5.74) is 0.548. The highest BCUT2D eigenvalue weighted by Crippen LogP contribution is 2.65. The molecule has 5 aliphatic carbocycles. The van der Waals surface area contributed by atoms with Crippen molar-refractivity contribution in [3.63, 3.8) is 0 Å². The molecule has 0 aromatic carbocycles. The Morgan fingerprint density at radius 1 is 0.778 bits per heavy atom. The summed E-state index contributed by atoms with van der Waals surface area (Å²) in [6.07, 6.45) is 11.4. The first-order valence-corrected chi connectivity index (χ1v) is 11.9. The number of hydrogen-bond acceptors (Lipinski definition) is 0. The number of halogens is 3. The van der Waals surface area contributed by atoms with Gasteiger partial charge >= 0.3 is 6.18 Å². The fourth-order valence-corrected chi connectivity index (χ4v) is 8.58. The van der Waals surface area contributed by atoms with Gasteiger partial charge in [-0.3, -0.25) is 0 Å². The molecule has 0 amide bonds. The van der Waals surface area contributed by atoms with Crippen LogP contribution in [0.3, 0.4) is 0 Å². The summed E-state index contributed by atoms with van der Waals surface area (Å²) in [6.45, 7) is 2.60. The molecule has 154 valence electrons. The molecule has 5 saturated carbocycles. The Morgan fingerprint density at radius 2 is 1.56 bits per heavy atom. The van der Waals surface area contributed by atoms with Crippen molar-refractivity contribution >= 4 is 0 Å². The predicted octanol–water partition coefficient (Wildman–Crippen LogP) is 7.62. The molecule has 27 heavy (non-hydrogen) atoms. The average Bonchev–Trinajstić information content (AvgIpc) is 3.40. The summed E-state index contributed by atoms with van der Waals surface area (Å²) in [7, 11) is 0. The lowest BCUT2D eigenvalue weighted by atomic mass is 9.49. The van der Waals surface area contributed by atoms with Crippen molar-refractivity contribution in [2.24, 2.45) is 52.8 Å². The molecule has 0 nitrogen and oxygen atoms in total. The van der Waals surface area contributed by atoms with E-state index in [2.05, 4.69) is 6.92 Å². The van der Waals surface area contributed by atoms with Crippen LogP contribution in [0.5, 0.6) is 0 Å². The van der Waals surface area contributed by atoms with Gasteiger partial charge in [-0.05, 0) is 111 Å². The van der Waals surface area contributed by atoms with Gasteiger partial charge in [-0.25, -0.2) is 0 Å². The number of fused-ring (bicyclic) bond motifs is 5. The molecule has 3 unspecified atom stereocenters. The van der Waals surface area contributed by atoms with Crippen molar-refractivity contribution in [1.82, 2.24) is 0 Å². The standard InChI is InChI=1S/C24H37F3/c1-23-13-12-20-19-10-7-18(24(25,26)27)14-16(19)5-9-21(20)22(23)11-8-17(23)6-4-15-2-3-15/h15-22H,2-14H2,1H3/t16-,17?,18+,19+,20?,21-,22?,23-/m1/s1. The van der Waals surface area contributed by atoms with E-state index in [4.69, 9.17) is 0 Å². The highest BCUT2D eigenvalue weighted by atomic mass is 19.4. The summed E-state index contributed by atoms with van der Waals surface area (Å²) in [5.74, 6) is 4.40. The molecule has 0 N–H and O–H groups in total. The lowest BCUT2D eigenvalue weighted by Gasteiger charge is -2.56. The van der Waals surface area contributed by atoms with Crippen LogP contribution >= 0.6 is 0 Å². The molecule has 5 aliphatic rings. The minimum atomic E-state index is -3.97. The van der Waals surface area contributed by atoms with Crippen molar-refractivity contribution in [1.29, 1.82) is 0 Å². The quantitative estimate of drug-likeness (QED) is 0.471. The predicted molar refractivity (Wildman–Crippen MR) is 102 cm³/mol. The first-order valence-electron chi connectivity index (χ1n) is 11.9. The molecule has 0 aliphatic heterocycles. The Kier molecular flexibility index (Phi) is 4.63. The molecule has 0 saturated heterocycles. The van der Waals surface area contributed by atoms with Crippen LogP contribution in [-0.4, -0.2) is 6.18 Å². The smallest absolute Gasteiger partial charge is 0.171 e. The van der Waals surface area contributed by atoms with Crippen LogP contribution in [0.2, 0.25) is 0 Å². The zero-order valence-electron chi connectivity index (χ0n) is 16.9. The highest BCUT2D eigenvalue weighted by Gasteiger charge is 2.57. The molecular formula is C24H37F3. The van der Waals surface area contributed by atoms with Crippen molar-refractivity contribution in [2.75, 3.05) is 0 Å². The first kappa shape index (κ1) is 18.8. The second-order valence-corrected chi connectivity index (χ2v) is 11.3. The van der Waals surface area contributed by atoms with Crippen LogP contribution in [0.15, 0.2) is 0 Å². The molecule has 8 atom stereocenters. The van der Waals surface area contributed by atoms with Gasteiger partial charge in [0.2, 0.25) is 0 Å². The molecule has 0 aromatic rings. The fraction of sp³-hybridized carbons (Fsp3) is 1.00. The van der Waals surface area contributed by atoms with Gasteiger partial charge in [0.15, 0.2) is 0 Å². The second kappa shape index (κ2) is 6.66. The Bertz CT molecular complexity index is 550. The van der Waals surface area contributed by atoms with Crippen LogP contribution < -0.4 is 0 Å². The summed E-state index contributed by atoms with van der Waals surface area (Å²) in [6, 6.07) is 0. The fourth-order valence-electron chi connectivity index (χ4n) is 8.58. The van der Waals surface area contributed by atoms with Gasteiger partial charge in [0.25, 0.3) is 0 Å². The van der Waals surface area contributed by atoms with Gasteiger partial charge in [0, 0.05) is 0 Å². The van der Waals surface area contributed by atoms with Crippen LogP contribution in [-0.2, 0) is 0 Å². The third-order valence-electron chi connectivity index (χ3n) is 10.2. The van der Waals surface area contributed by atoms with E-state index in [9.17, 15) is 13.2 Å². The van der Waals surface area contributed by atoms with Crippen molar-refractivity contribution in [3.05, 3.63) is 0 Å². The average molecular weight is 383 g/mol. The summed E-state index contributed by atoms with van der Waals surface area (Å²) in [4.78, 5) is 0. The van der Waals surface area contributed by atoms with Crippen LogP contribution in [0.1, 0.15) is 90.4 Å². The van der Waals surface area contributed by atoms with Gasteiger partial charge in [-0.2, -0.15) is 13.2 Å². The van der Waals surface area contributed by atoms with Crippen LogP contribution in [0, 0.1) is 52.8 Å². The lowest BCUT2D eigenvalue weighted by molar-refractivity contribution is -0.196. The summed E-state index contributed by atoms with van der Waals surface area (Å²) >= 11 is 0. The third-order valence-corrected chi connectivity index (χ3v) is 10.2. The molecule has 5 rings (SSSR count). The maximum Gasteiger partial charge on any atom is 0.391 e. The van der Waals surface area contributed by atoms with E-state index in [0.717, 1.165) is 42.4 Å². The molecule has 0 heterocycles. The number of alkyl halides is 3. The topological polar surface area (TPSA) is 0 Å². The Morgan fingerprint density at radius 3 is 2.30 bits per heavy atom. The highest BCUT2D eigenvalue weighted by molar-refractivity contribution is 5.06. The van der Waals surface area contributed by atoms with E-state index in [1.54, 1.807) is 0 Å². The van der Waals surface area contributed by atoms with Gasteiger partial charge in [0.1, 0.15) is 0 Å². The number of hydrogen-bond donors (Lipinski definition) is 0. The first-order chi connectivity index (χ1) is 12.9. The normalized spacial score (nSPS) is 50.0. The maximum absolute atomic E-state index is 13.2. The van der Waals surface area contributed by atoms with E-state index in [0.29, 0.717) is 30.1 Å². The molecule has 5 fully saturated rings. The molecule has 0 aromatic heterocycles. The van der Waals surface area contributed by atoms with Gasteiger partial charge in [-0.1, -0.05) is 26.2 Å². The van der Waals surface area contributed by atoms with E-state index >= 15 is 0 Å². The minimum absolute atomic E-state index is 0.364. The minimum Gasteiger partial charge on any atom is -0.171 e. The van der Waals surface area contributed by atoms with E-state index in [-0.39, 0.29) is 0 Å². The summed E-state index contributed by atoms with van der Waals surface area (Å²) < 4.78 is 39.7. The third kappa shape index (κ3) is 3.27. The van der Waals surface area contributed by atoms with E-state index in [1.807, 2.05) is 0 Å². The van der Waals surface area contributed by atoms with Gasteiger partial charge in [-0.15, -0.1) is 0 Å². The molecule has 0 radical (unpaired) electrons. The van der Waals surface area contributed by atoms with Crippen molar-refractivity contribution in [2.45, 2.75) is 96.6 Å². The molecule has 0 bridgehead atoms. The van der Waals surface area contributed by atoms with Crippen LogP contribution in [0.4, 0.5) is 13.2 Å². The van der Waals surface area contributed by atoms with E-state index < -0.39 is 12.1 Å². The maximum atomic E-state index is 13.2. The van der Waals surface area contributed by atoms with Crippen molar-refractivity contribution in [3.8, 4) is 0 Å². The molecular weight excluding hydrogens is 345 g/mol. The van der Waals surface area contributed by atoms with Gasteiger partial charge in [0.05, 0.1) is 5.92 Å². The largest absolute Gasteiger partial charge is 0.391 e. The second-order valence-electron chi connectivity index (χ2n) is 11.3. The van der Waals surface area contributed by atoms with Gasteiger partial charge < -0.3 is 0 Å². The monoisotopic (exact) mass is 382 g/mol. The summed E-state index contributed by atoms with van der Waals surface area (Å²) in [5, 5.41) is 0. The lowest BCUT2D eigenvalue weighted by Crippen LogP contribution is -2.49. The Hall–Kier alpha value is -0.210. The SMILES string of the molecule is C[C@]12CCC3[C@@H](CC[C@@H]4C[C@@H](C(F)(F)F)CC[C@H]34)C1CCC2CCC1CC1. The Balaban J connectivity index is 1.27. The molecule has 3 heteroatoms. The van der Waals surface area contributed by atoms with E-state index in [1.165, 1.54) is 57.8 Å². The molecule has 0 spiro atoms.